The van der Waals surface area contributed by atoms with E-state index in [-0.39, 0.29) is 0 Å². The lowest BCUT2D eigenvalue weighted by molar-refractivity contribution is 0.0992. The first-order chi connectivity index (χ1) is 8.08. The first-order valence-corrected chi connectivity index (χ1v) is 11.4. The fraction of sp³-hybridized carbons (Fsp3) is 1.00. The van der Waals surface area contributed by atoms with Gasteiger partial charge >= 0.3 is 0 Å². The molecule has 0 amide bonds. The topological polar surface area (TPSA) is 12.0 Å². The number of hydrogen-bond acceptors (Lipinski definition) is 1. The summed E-state index contributed by atoms with van der Waals surface area (Å²) in [6.07, 6.45) is 5.77. The van der Waals surface area contributed by atoms with Crippen molar-refractivity contribution >= 4 is 8.07 Å². The molecule has 0 aromatic heterocycles. The largest absolute Gasteiger partial charge is 0.319 e. The van der Waals surface area contributed by atoms with Crippen molar-refractivity contribution < 1.29 is 0 Å². The fourth-order valence-electron chi connectivity index (χ4n) is 4.01. The zero-order valence-corrected chi connectivity index (χ0v) is 14.8. The molecule has 0 unspecified atom stereocenters. The van der Waals surface area contributed by atoms with Gasteiger partial charge in [0.05, 0.1) is 0 Å². The summed E-state index contributed by atoms with van der Waals surface area (Å²) in [7, 11) is 1.16. The molecule has 1 aliphatic rings. The molecule has 0 aromatic rings. The quantitative estimate of drug-likeness (QED) is 0.725. The Kier molecular flexibility index (Phi) is 5.11. The number of rotatable bonds is 4. The molecule has 0 heterocycles. The highest BCUT2D eigenvalue weighted by Gasteiger charge is 2.40. The summed E-state index contributed by atoms with van der Waals surface area (Å²) >= 11 is 0. The van der Waals surface area contributed by atoms with Crippen molar-refractivity contribution in [2.24, 2.45) is 16.7 Å². The normalized spacial score (nSPS) is 30.5. The summed E-state index contributed by atoms with van der Waals surface area (Å²) in [5.74, 6) is 0.934. The van der Waals surface area contributed by atoms with Crippen molar-refractivity contribution in [3.05, 3.63) is 0 Å². The van der Waals surface area contributed by atoms with E-state index in [0.29, 0.717) is 10.8 Å². The van der Waals surface area contributed by atoms with Crippen molar-refractivity contribution in [1.29, 1.82) is 0 Å². The van der Waals surface area contributed by atoms with E-state index in [1.54, 1.807) is 0 Å². The molecule has 0 radical (unpaired) electrons. The van der Waals surface area contributed by atoms with Gasteiger partial charge in [-0.3, -0.25) is 0 Å². The van der Waals surface area contributed by atoms with Gasteiger partial charge in [-0.1, -0.05) is 46.5 Å². The maximum absolute atomic E-state index is 3.48. The summed E-state index contributed by atoms with van der Waals surface area (Å²) in [6, 6.07) is 1.50. The molecule has 0 atom stereocenters. The van der Waals surface area contributed by atoms with E-state index in [1.807, 2.05) is 0 Å². The van der Waals surface area contributed by atoms with Gasteiger partial charge in [-0.05, 0) is 49.5 Å². The maximum atomic E-state index is 3.48. The van der Waals surface area contributed by atoms with Crippen LogP contribution in [0, 0.1) is 16.7 Å². The van der Waals surface area contributed by atoms with E-state index in [1.165, 1.54) is 38.3 Å². The number of nitrogens with one attached hydrogen (secondary N) is 1. The summed E-state index contributed by atoms with van der Waals surface area (Å²) < 4.78 is 0. The Hall–Kier alpha value is 0.177. The standard InChI is InChI=1S/C16H35NSi/c1-15(2,3)14-8-10-16(11-9-14,12-17-4)13-18(5,6)7/h14,17H,8-13H2,1-7H3. The molecule has 1 saturated carbocycles. The summed E-state index contributed by atoms with van der Waals surface area (Å²) in [5.41, 5.74) is 1.12. The molecule has 18 heavy (non-hydrogen) atoms. The van der Waals surface area contributed by atoms with Crippen molar-refractivity contribution in [2.75, 3.05) is 13.6 Å². The van der Waals surface area contributed by atoms with Gasteiger partial charge < -0.3 is 5.32 Å². The molecule has 1 nitrogen and oxygen atoms in total. The average molecular weight is 270 g/mol. The highest BCUT2D eigenvalue weighted by molar-refractivity contribution is 6.76. The minimum atomic E-state index is -0.962. The van der Waals surface area contributed by atoms with Crippen LogP contribution in [-0.4, -0.2) is 21.7 Å². The molecule has 1 aliphatic carbocycles. The lowest BCUT2D eigenvalue weighted by Crippen LogP contribution is -2.43. The molecule has 1 rings (SSSR count). The van der Waals surface area contributed by atoms with Crippen LogP contribution in [0.4, 0.5) is 0 Å². The van der Waals surface area contributed by atoms with Gasteiger partial charge in [0.1, 0.15) is 0 Å². The van der Waals surface area contributed by atoms with E-state index in [9.17, 15) is 0 Å². The Balaban J connectivity index is 2.68. The van der Waals surface area contributed by atoms with Crippen molar-refractivity contribution in [2.45, 2.75) is 72.1 Å². The third-order valence-electron chi connectivity index (χ3n) is 4.73. The lowest BCUT2D eigenvalue weighted by Gasteiger charge is -2.46. The molecule has 0 spiro atoms. The highest BCUT2D eigenvalue weighted by atomic mass is 28.3. The molecule has 0 aliphatic heterocycles. The Morgan fingerprint density at radius 1 is 1.11 bits per heavy atom. The first kappa shape index (κ1) is 16.2. The van der Waals surface area contributed by atoms with Gasteiger partial charge in [0.25, 0.3) is 0 Å². The second-order valence-corrected chi connectivity index (χ2v) is 14.4. The van der Waals surface area contributed by atoms with Crippen LogP contribution in [-0.2, 0) is 0 Å². The predicted molar refractivity (Wildman–Crippen MR) is 85.9 cm³/mol. The molecule has 0 bridgehead atoms. The zero-order valence-electron chi connectivity index (χ0n) is 13.8. The second-order valence-electron chi connectivity index (χ2n) is 8.91. The molecule has 1 N–H and O–H groups in total. The molecule has 0 saturated heterocycles. The lowest BCUT2D eigenvalue weighted by atomic mass is 9.64. The van der Waals surface area contributed by atoms with Crippen LogP contribution < -0.4 is 5.32 Å². The Morgan fingerprint density at radius 2 is 1.61 bits per heavy atom. The Bertz CT molecular complexity index is 251. The molecule has 108 valence electrons. The van der Waals surface area contributed by atoms with Crippen LogP contribution in [0.3, 0.4) is 0 Å². The van der Waals surface area contributed by atoms with Crippen molar-refractivity contribution in [3.63, 3.8) is 0 Å². The van der Waals surface area contributed by atoms with Crippen LogP contribution in [0.2, 0.25) is 25.7 Å². The first-order valence-electron chi connectivity index (χ1n) is 7.73. The molecule has 0 aromatic carbocycles. The summed E-state index contributed by atoms with van der Waals surface area (Å²) in [4.78, 5) is 0. The molecular weight excluding hydrogens is 234 g/mol. The van der Waals surface area contributed by atoms with Crippen LogP contribution in [0.25, 0.3) is 0 Å². The van der Waals surface area contributed by atoms with Gasteiger partial charge in [-0.25, -0.2) is 0 Å². The zero-order chi connectivity index (χ0) is 14.0. The van der Waals surface area contributed by atoms with Gasteiger partial charge in [0.15, 0.2) is 0 Å². The minimum Gasteiger partial charge on any atom is -0.319 e. The summed E-state index contributed by atoms with van der Waals surface area (Å²) in [6.45, 7) is 16.1. The average Bonchev–Trinajstić information content (AvgIpc) is 2.14. The van der Waals surface area contributed by atoms with Crippen molar-refractivity contribution in [1.82, 2.24) is 5.32 Å². The smallest absolute Gasteiger partial charge is 0.0448 e. The van der Waals surface area contributed by atoms with Gasteiger partial charge in [0, 0.05) is 14.6 Å². The monoisotopic (exact) mass is 269 g/mol. The van der Waals surface area contributed by atoms with E-state index < -0.39 is 8.07 Å². The fourth-order valence-corrected chi connectivity index (χ4v) is 6.74. The van der Waals surface area contributed by atoms with E-state index in [4.69, 9.17) is 0 Å². The predicted octanol–water partition coefficient (Wildman–Crippen LogP) is 4.77. The minimum absolute atomic E-state index is 0.505. The van der Waals surface area contributed by atoms with Crippen LogP contribution >= 0.6 is 0 Å². The maximum Gasteiger partial charge on any atom is 0.0448 e. The SMILES string of the molecule is CNCC1(C[Si](C)(C)C)CCC(C(C)(C)C)CC1. The molecule has 2 heteroatoms. The van der Waals surface area contributed by atoms with E-state index in [0.717, 1.165) is 5.92 Å². The van der Waals surface area contributed by atoms with Gasteiger partial charge in [-0.2, -0.15) is 0 Å². The molecular formula is C16H35NSi. The number of hydrogen-bond donors (Lipinski definition) is 1. The van der Waals surface area contributed by atoms with Crippen LogP contribution in [0.15, 0.2) is 0 Å². The summed E-state index contributed by atoms with van der Waals surface area (Å²) in [5, 5.41) is 3.48. The van der Waals surface area contributed by atoms with Crippen LogP contribution in [0.1, 0.15) is 46.5 Å². The Labute approximate surface area is 116 Å². The highest BCUT2D eigenvalue weighted by Crippen LogP contribution is 2.48. The van der Waals surface area contributed by atoms with E-state index >= 15 is 0 Å². The third-order valence-corrected chi connectivity index (χ3v) is 6.54. The van der Waals surface area contributed by atoms with Crippen LogP contribution in [0.5, 0.6) is 0 Å². The Morgan fingerprint density at radius 3 is 1.94 bits per heavy atom. The van der Waals surface area contributed by atoms with Gasteiger partial charge in [-0.15, -0.1) is 0 Å². The van der Waals surface area contributed by atoms with E-state index in [2.05, 4.69) is 52.8 Å². The van der Waals surface area contributed by atoms with Gasteiger partial charge in [0.2, 0.25) is 0 Å². The van der Waals surface area contributed by atoms with Crippen molar-refractivity contribution in [3.8, 4) is 0 Å². The molecule has 1 fully saturated rings. The third kappa shape index (κ3) is 4.69. The second kappa shape index (κ2) is 5.66.